The van der Waals surface area contributed by atoms with Gasteiger partial charge in [-0.05, 0) is 35.2 Å². The molecule has 0 radical (unpaired) electrons. The van der Waals surface area contributed by atoms with E-state index in [1.807, 2.05) is 0 Å². The van der Waals surface area contributed by atoms with Crippen molar-refractivity contribution in [3.8, 4) is 0 Å². The highest BCUT2D eigenvalue weighted by Gasteiger charge is 2.42. The molecule has 0 aliphatic heterocycles. The van der Waals surface area contributed by atoms with Gasteiger partial charge >= 0.3 is 0 Å². The summed E-state index contributed by atoms with van der Waals surface area (Å²) in [5.41, 5.74) is 7.56. The molecule has 2 aromatic carbocycles. The maximum Gasteiger partial charge on any atom is 0.0253 e. The highest BCUT2D eigenvalue weighted by Crippen LogP contribution is 2.47. The third kappa shape index (κ3) is 1.48. The molecule has 0 saturated heterocycles. The Balaban J connectivity index is 2.17. The summed E-state index contributed by atoms with van der Waals surface area (Å²) >= 11 is 3.58. The zero-order valence-electron chi connectivity index (χ0n) is 9.04. The van der Waals surface area contributed by atoms with Crippen LogP contribution in [0.3, 0.4) is 0 Å². The molecule has 0 heterocycles. The van der Waals surface area contributed by atoms with Crippen molar-refractivity contribution in [1.29, 1.82) is 0 Å². The molecular formula is C14H14BrN. The van der Waals surface area contributed by atoms with Crippen molar-refractivity contribution in [3.63, 3.8) is 0 Å². The fourth-order valence-corrected chi connectivity index (χ4v) is 2.85. The summed E-state index contributed by atoms with van der Waals surface area (Å²) in [4.78, 5) is 0. The maximum atomic E-state index is 5.87. The van der Waals surface area contributed by atoms with Gasteiger partial charge < -0.3 is 5.73 Å². The van der Waals surface area contributed by atoms with Crippen molar-refractivity contribution in [2.75, 3.05) is 6.54 Å². The van der Waals surface area contributed by atoms with Crippen molar-refractivity contribution in [2.45, 2.75) is 18.3 Å². The molecule has 16 heavy (non-hydrogen) atoms. The molecule has 0 atom stereocenters. The Hall–Kier alpha value is -0.860. The van der Waals surface area contributed by atoms with Gasteiger partial charge in [0.25, 0.3) is 0 Å². The topological polar surface area (TPSA) is 26.0 Å². The molecule has 0 bridgehead atoms. The van der Waals surface area contributed by atoms with Gasteiger partial charge in [0, 0.05) is 16.4 Å². The molecule has 1 saturated carbocycles. The molecule has 0 spiro atoms. The van der Waals surface area contributed by atoms with Gasteiger partial charge in [-0.2, -0.15) is 0 Å². The molecule has 0 aromatic heterocycles. The van der Waals surface area contributed by atoms with Gasteiger partial charge in [-0.25, -0.2) is 0 Å². The maximum absolute atomic E-state index is 5.87. The summed E-state index contributed by atoms with van der Waals surface area (Å²) < 4.78 is 1.16. The Morgan fingerprint density at radius 2 is 2.00 bits per heavy atom. The van der Waals surface area contributed by atoms with Crippen molar-refractivity contribution < 1.29 is 0 Å². The monoisotopic (exact) mass is 275 g/mol. The fraction of sp³-hybridized carbons (Fsp3) is 0.286. The minimum atomic E-state index is 0.288. The summed E-state index contributed by atoms with van der Waals surface area (Å²) in [5, 5.41) is 2.57. The summed E-state index contributed by atoms with van der Waals surface area (Å²) in [7, 11) is 0. The van der Waals surface area contributed by atoms with E-state index in [-0.39, 0.29) is 5.41 Å². The lowest BCUT2D eigenvalue weighted by molar-refractivity contribution is 0.706. The van der Waals surface area contributed by atoms with Crippen LogP contribution in [0.5, 0.6) is 0 Å². The average molecular weight is 276 g/mol. The zero-order chi connectivity index (χ0) is 11.2. The number of benzene rings is 2. The number of rotatable bonds is 2. The Morgan fingerprint density at radius 3 is 2.69 bits per heavy atom. The predicted molar refractivity (Wildman–Crippen MR) is 71.6 cm³/mol. The number of fused-ring (bicyclic) bond motifs is 1. The highest BCUT2D eigenvalue weighted by molar-refractivity contribution is 9.10. The Kier molecular flexibility index (Phi) is 2.30. The molecule has 3 rings (SSSR count). The summed E-state index contributed by atoms with van der Waals surface area (Å²) in [6.45, 7) is 0.770. The van der Waals surface area contributed by atoms with E-state index in [2.05, 4.69) is 52.3 Å². The van der Waals surface area contributed by atoms with Crippen molar-refractivity contribution in [1.82, 2.24) is 0 Å². The molecule has 2 N–H and O–H groups in total. The van der Waals surface area contributed by atoms with Crippen LogP contribution in [-0.2, 0) is 5.41 Å². The van der Waals surface area contributed by atoms with Gasteiger partial charge in [0.05, 0.1) is 0 Å². The minimum Gasteiger partial charge on any atom is -0.330 e. The normalized spacial score (nSPS) is 17.6. The molecule has 1 aliphatic carbocycles. The second kappa shape index (κ2) is 3.57. The van der Waals surface area contributed by atoms with Crippen LogP contribution >= 0.6 is 15.9 Å². The molecule has 82 valence electrons. The van der Waals surface area contributed by atoms with Gasteiger partial charge in [-0.1, -0.05) is 46.3 Å². The quantitative estimate of drug-likeness (QED) is 0.891. The van der Waals surface area contributed by atoms with E-state index in [1.165, 1.54) is 29.2 Å². The second-order valence-corrected chi connectivity index (χ2v) is 5.51. The van der Waals surface area contributed by atoms with Crippen LogP contribution in [0.4, 0.5) is 0 Å². The van der Waals surface area contributed by atoms with E-state index < -0.39 is 0 Å². The van der Waals surface area contributed by atoms with Gasteiger partial charge in [0.2, 0.25) is 0 Å². The van der Waals surface area contributed by atoms with Crippen molar-refractivity contribution in [3.05, 3.63) is 46.4 Å². The van der Waals surface area contributed by atoms with Crippen molar-refractivity contribution in [2.24, 2.45) is 5.73 Å². The number of halogens is 1. The van der Waals surface area contributed by atoms with E-state index in [1.54, 1.807) is 0 Å². The van der Waals surface area contributed by atoms with Gasteiger partial charge in [0.1, 0.15) is 0 Å². The van der Waals surface area contributed by atoms with Crippen LogP contribution in [0.25, 0.3) is 10.8 Å². The van der Waals surface area contributed by atoms with E-state index >= 15 is 0 Å². The molecular weight excluding hydrogens is 262 g/mol. The molecule has 2 aromatic rings. The number of hydrogen-bond donors (Lipinski definition) is 1. The fourth-order valence-electron chi connectivity index (χ4n) is 2.34. The van der Waals surface area contributed by atoms with Crippen LogP contribution < -0.4 is 5.73 Å². The van der Waals surface area contributed by atoms with Crippen LogP contribution in [0.15, 0.2) is 40.9 Å². The summed E-state index contributed by atoms with van der Waals surface area (Å²) in [6.07, 6.45) is 2.48. The van der Waals surface area contributed by atoms with Crippen LogP contribution in [0.1, 0.15) is 18.4 Å². The lowest BCUT2D eigenvalue weighted by atomic mass is 9.94. The highest BCUT2D eigenvalue weighted by atomic mass is 79.9. The van der Waals surface area contributed by atoms with Gasteiger partial charge in [-0.3, -0.25) is 0 Å². The predicted octanol–water partition coefficient (Wildman–Crippen LogP) is 3.59. The van der Waals surface area contributed by atoms with E-state index in [0.29, 0.717) is 0 Å². The third-order valence-electron chi connectivity index (χ3n) is 3.68. The molecule has 0 amide bonds. The van der Waals surface area contributed by atoms with Crippen molar-refractivity contribution >= 4 is 26.7 Å². The first kappa shape index (κ1) is 10.3. The first-order chi connectivity index (χ1) is 7.75. The van der Waals surface area contributed by atoms with E-state index in [0.717, 1.165) is 11.0 Å². The molecule has 1 fully saturated rings. The zero-order valence-corrected chi connectivity index (χ0v) is 10.6. The number of hydrogen-bond acceptors (Lipinski definition) is 1. The van der Waals surface area contributed by atoms with Gasteiger partial charge in [-0.15, -0.1) is 0 Å². The molecule has 1 nitrogen and oxygen atoms in total. The summed E-state index contributed by atoms with van der Waals surface area (Å²) in [6, 6.07) is 13.0. The standard InChI is InChI=1S/C14H14BrN/c15-13-3-1-2-10-8-11(4-5-12(10)13)14(9-16)6-7-14/h1-5,8H,6-7,9,16H2. The first-order valence-corrected chi connectivity index (χ1v) is 6.43. The van der Waals surface area contributed by atoms with Crippen LogP contribution in [0.2, 0.25) is 0 Å². The molecule has 0 unspecified atom stereocenters. The Morgan fingerprint density at radius 1 is 1.19 bits per heavy atom. The van der Waals surface area contributed by atoms with Crippen LogP contribution in [0, 0.1) is 0 Å². The van der Waals surface area contributed by atoms with E-state index in [4.69, 9.17) is 5.73 Å². The first-order valence-electron chi connectivity index (χ1n) is 5.64. The Bertz CT molecular complexity index is 543. The minimum absolute atomic E-state index is 0.288. The smallest absolute Gasteiger partial charge is 0.0253 e. The third-order valence-corrected chi connectivity index (χ3v) is 4.38. The Labute approximate surface area is 104 Å². The SMILES string of the molecule is NCC1(c2ccc3c(Br)cccc3c2)CC1. The average Bonchev–Trinajstić information content (AvgIpc) is 3.10. The number of nitrogens with two attached hydrogens (primary N) is 1. The summed E-state index contributed by atoms with van der Waals surface area (Å²) in [5.74, 6) is 0. The molecule has 2 heteroatoms. The second-order valence-electron chi connectivity index (χ2n) is 4.66. The lowest BCUT2D eigenvalue weighted by Crippen LogP contribution is -2.19. The van der Waals surface area contributed by atoms with Crippen LogP contribution in [-0.4, -0.2) is 6.54 Å². The van der Waals surface area contributed by atoms with Gasteiger partial charge in [0.15, 0.2) is 0 Å². The molecule has 1 aliphatic rings. The largest absolute Gasteiger partial charge is 0.330 e. The van der Waals surface area contributed by atoms with E-state index in [9.17, 15) is 0 Å². The lowest BCUT2D eigenvalue weighted by Gasteiger charge is -2.13.